The summed E-state index contributed by atoms with van der Waals surface area (Å²) >= 11 is 0. The number of hydrogen-bond donors (Lipinski definition) is 0. The summed E-state index contributed by atoms with van der Waals surface area (Å²) in [6.45, 7) is 0. The van der Waals surface area contributed by atoms with E-state index in [1.54, 1.807) is 0 Å². The summed E-state index contributed by atoms with van der Waals surface area (Å²) < 4.78 is 11.0. The summed E-state index contributed by atoms with van der Waals surface area (Å²) in [4.78, 5) is 15.7. The maximum absolute atomic E-state index is 6.25. The van der Waals surface area contributed by atoms with E-state index in [9.17, 15) is 0 Å². The van der Waals surface area contributed by atoms with E-state index in [4.69, 9.17) is 19.4 Å². The van der Waals surface area contributed by atoms with Gasteiger partial charge in [0.15, 0.2) is 17.5 Å². The molecule has 0 atom stereocenters. The molecular weight excluding hydrogens is 843 g/mol. The zero-order chi connectivity index (χ0) is 45.4. The first-order chi connectivity index (χ1) is 34.2. The van der Waals surface area contributed by atoms with Crippen LogP contribution in [0.25, 0.3) is 133 Å². The minimum absolute atomic E-state index is 0.592. The van der Waals surface area contributed by atoms with Gasteiger partial charge in [0.1, 0.15) is 11.2 Å². The Hall–Kier alpha value is -9.39. The van der Waals surface area contributed by atoms with Gasteiger partial charge in [-0.1, -0.05) is 164 Å². The summed E-state index contributed by atoms with van der Waals surface area (Å²) in [5.74, 6) is 1.80. The maximum Gasteiger partial charge on any atom is 0.164 e. The van der Waals surface area contributed by atoms with Crippen LogP contribution in [0.2, 0.25) is 0 Å². The lowest BCUT2D eigenvalue weighted by atomic mass is 9.95. The number of fused-ring (bicyclic) bond motifs is 9. The molecule has 0 aliphatic carbocycles. The molecule has 0 radical (unpaired) electrons. The van der Waals surface area contributed by atoms with Gasteiger partial charge < -0.3 is 13.6 Å². The van der Waals surface area contributed by atoms with Crippen molar-refractivity contribution in [1.29, 1.82) is 0 Å². The van der Waals surface area contributed by atoms with Crippen LogP contribution in [0.5, 0.6) is 0 Å². The standard InChI is InChI=1S/C63H39N5O/c1-2-16-40(17-3-1)61-64-62(66-63(65-61)45-20-15-21-46(37-45)67-54-27-9-4-22-47(54)48-23-5-10-28-55(48)67)44-19-14-18-43(36-44)52-38-41(42-33-35-60-53(39-42)51-26-8-13-31-59(51)69-60)32-34-58(52)68-56-29-11-6-24-49(56)50-25-7-12-30-57(50)68/h1-39H. The highest BCUT2D eigenvalue weighted by Crippen LogP contribution is 2.41. The zero-order valence-electron chi connectivity index (χ0n) is 37.2. The molecule has 0 saturated heterocycles. The molecule has 0 fully saturated rings. The summed E-state index contributed by atoms with van der Waals surface area (Å²) in [5, 5.41) is 7.05. The van der Waals surface area contributed by atoms with Crippen LogP contribution in [0.4, 0.5) is 0 Å². The summed E-state index contributed by atoms with van der Waals surface area (Å²) in [6.07, 6.45) is 0. The zero-order valence-corrected chi connectivity index (χ0v) is 37.2. The van der Waals surface area contributed by atoms with Crippen LogP contribution in [-0.4, -0.2) is 24.1 Å². The molecular formula is C63H39N5O. The van der Waals surface area contributed by atoms with Crippen LogP contribution < -0.4 is 0 Å². The second-order valence-corrected chi connectivity index (χ2v) is 17.6. The van der Waals surface area contributed by atoms with E-state index >= 15 is 0 Å². The second kappa shape index (κ2) is 15.6. The van der Waals surface area contributed by atoms with Gasteiger partial charge in [0, 0.05) is 60.3 Å². The molecule has 0 aliphatic heterocycles. The van der Waals surface area contributed by atoms with Crippen molar-refractivity contribution in [2.24, 2.45) is 0 Å². The molecule has 0 bridgehead atoms. The van der Waals surface area contributed by atoms with Crippen molar-refractivity contribution in [3.05, 3.63) is 237 Å². The Balaban J connectivity index is 0.956. The Kier molecular flexibility index (Phi) is 8.79. The molecule has 0 spiro atoms. The summed E-state index contributed by atoms with van der Waals surface area (Å²) in [7, 11) is 0. The third-order valence-corrected chi connectivity index (χ3v) is 13.6. The number of nitrogens with zero attached hydrogens (tertiary/aromatic N) is 5. The molecule has 4 heterocycles. The first kappa shape index (κ1) is 38.8. The highest BCUT2D eigenvalue weighted by Gasteiger charge is 2.20. The SMILES string of the molecule is c1ccc(-c2nc(-c3cccc(-c4cc(-c5ccc6oc7ccccc7c6c5)ccc4-n4c5ccccc5c5ccccc54)c3)nc(-c3cccc(-n4c5ccccc5c5ccccc54)c3)n2)cc1. The lowest BCUT2D eigenvalue weighted by Gasteiger charge is -2.17. The lowest BCUT2D eigenvalue weighted by molar-refractivity contribution is 0.669. The van der Waals surface area contributed by atoms with Gasteiger partial charge in [-0.25, -0.2) is 15.0 Å². The fraction of sp³-hybridized carbons (Fsp3) is 0. The third kappa shape index (κ3) is 6.38. The molecule has 0 amide bonds. The first-order valence-corrected chi connectivity index (χ1v) is 23.3. The normalized spacial score (nSPS) is 11.8. The van der Waals surface area contributed by atoms with Crippen molar-refractivity contribution in [3.8, 4) is 67.8 Å². The highest BCUT2D eigenvalue weighted by molar-refractivity contribution is 6.11. The van der Waals surface area contributed by atoms with Crippen molar-refractivity contribution in [3.63, 3.8) is 0 Å². The highest BCUT2D eigenvalue weighted by atomic mass is 16.3. The van der Waals surface area contributed by atoms with Gasteiger partial charge in [-0.15, -0.1) is 0 Å². The van der Waals surface area contributed by atoms with Gasteiger partial charge in [0.25, 0.3) is 0 Å². The molecule has 0 saturated carbocycles. The van der Waals surface area contributed by atoms with E-state index < -0.39 is 0 Å². The van der Waals surface area contributed by atoms with Crippen molar-refractivity contribution < 1.29 is 4.42 Å². The van der Waals surface area contributed by atoms with Crippen LogP contribution in [0.1, 0.15) is 0 Å². The second-order valence-electron chi connectivity index (χ2n) is 17.6. The molecule has 0 aliphatic rings. The van der Waals surface area contributed by atoms with Gasteiger partial charge in [0.2, 0.25) is 0 Å². The molecule has 10 aromatic carbocycles. The van der Waals surface area contributed by atoms with Gasteiger partial charge in [0.05, 0.1) is 27.8 Å². The Morgan fingerprint density at radius 3 is 1.39 bits per heavy atom. The van der Waals surface area contributed by atoms with Crippen LogP contribution in [0, 0.1) is 0 Å². The largest absolute Gasteiger partial charge is 0.456 e. The van der Waals surface area contributed by atoms with Crippen LogP contribution >= 0.6 is 0 Å². The Bertz CT molecular complexity index is 4220. The maximum atomic E-state index is 6.25. The quantitative estimate of drug-likeness (QED) is 0.160. The van der Waals surface area contributed by atoms with Crippen molar-refractivity contribution in [2.45, 2.75) is 0 Å². The molecule has 6 nitrogen and oxygen atoms in total. The Morgan fingerprint density at radius 1 is 0.275 bits per heavy atom. The lowest BCUT2D eigenvalue weighted by Crippen LogP contribution is -2.01. The van der Waals surface area contributed by atoms with Gasteiger partial charge in [-0.2, -0.15) is 0 Å². The minimum Gasteiger partial charge on any atom is -0.456 e. The van der Waals surface area contributed by atoms with Crippen molar-refractivity contribution >= 4 is 65.6 Å². The van der Waals surface area contributed by atoms with E-state index in [-0.39, 0.29) is 0 Å². The molecule has 6 heteroatoms. The number of para-hydroxylation sites is 5. The number of aromatic nitrogens is 5. The fourth-order valence-corrected chi connectivity index (χ4v) is 10.4. The third-order valence-electron chi connectivity index (χ3n) is 13.6. The average Bonchev–Trinajstić information content (AvgIpc) is 4.08. The van der Waals surface area contributed by atoms with E-state index in [1.807, 2.05) is 30.3 Å². The monoisotopic (exact) mass is 881 g/mol. The van der Waals surface area contributed by atoms with E-state index in [1.165, 1.54) is 21.5 Å². The summed E-state index contributed by atoms with van der Waals surface area (Å²) in [5.41, 5.74) is 15.5. The van der Waals surface area contributed by atoms with Gasteiger partial charge in [-0.05, 0) is 89.5 Å². The molecule has 0 unspecified atom stereocenters. The smallest absolute Gasteiger partial charge is 0.164 e. The number of benzene rings is 10. The Morgan fingerprint density at radius 2 is 0.739 bits per heavy atom. The number of hydrogen-bond acceptors (Lipinski definition) is 4. The van der Waals surface area contributed by atoms with Crippen molar-refractivity contribution in [2.75, 3.05) is 0 Å². The minimum atomic E-state index is 0.592. The first-order valence-electron chi connectivity index (χ1n) is 23.3. The molecule has 322 valence electrons. The van der Waals surface area contributed by atoms with E-state index in [0.29, 0.717) is 17.5 Å². The van der Waals surface area contributed by atoms with Gasteiger partial charge >= 0.3 is 0 Å². The molecule has 14 rings (SSSR count). The number of rotatable bonds is 7. The van der Waals surface area contributed by atoms with Crippen molar-refractivity contribution in [1.82, 2.24) is 24.1 Å². The van der Waals surface area contributed by atoms with Crippen LogP contribution in [0.3, 0.4) is 0 Å². The van der Waals surface area contributed by atoms with E-state index in [2.05, 4.69) is 215 Å². The summed E-state index contributed by atoms with van der Waals surface area (Å²) in [6, 6.07) is 83.5. The predicted octanol–water partition coefficient (Wildman–Crippen LogP) is 16.3. The topological polar surface area (TPSA) is 61.7 Å². The number of furan rings is 1. The van der Waals surface area contributed by atoms with Gasteiger partial charge in [-0.3, -0.25) is 0 Å². The predicted molar refractivity (Wildman–Crippen MR) is 283 cm³/mol. The average molecular weight is 882 g/mol. The fourth-order valence-electron chi connectivity index (χ4n) is 10.4. The van der Waals surface area contributed by atoms with Crippen LogP contribution in [-0.2, 0) is 0 Å². The molecule has 4 aromatic heterocycles. The molecule has 69 heavy (non-hydrogen) atoms. The molecule has 14 aromatic rings. The van der Waals surface area contributed by atoms with Crippen LogP contribution in [0.15, 0.2) is 241 Å². The molecule has 0 N–H and O–H groups in total. The van der Waals surface area contributed by atoms with E-state index in [0.717, 1.165) is 94.3 Å². The Labute approximate surface area is 396 Å².